The van der Waals surface area contributed by atoms with Crippen molar-refractivity contribution in [3.63, 3.8) is 0 Å². The largest absolute Gasteiger partial charge is 0.437 e. The lowest BCUT2D eigenvalue weighted by atomic mass is 10.2. The van der Waals surface area contributed by atoms with Crippen LogP contribution in [0.5, 0.6) is 11.6 Å². The van der Waals surface area contributed by atoms with Crippen LogP contribution in [0, 0.1) is 0 Å². The fourth-order valence-corrected chi connectivity index (χ4v) is 2.05. The third-order valence-electron chi connectivity index (χ3n) is 3.17. The molecule has 0 bridgehead atoms. The molecule has 0 radical (unpaired) electrons. The summed E-state index contributed by atoms with van der Waals surface area (Å²) in [5.41, 5.74) is 0.642. The Hall–Kier alpha value is -2.47. The molecular formula is C16H20N4O2. The molecular weight excluding hydrogens is 280 g/mol. The van der Waals surface area contributed by atoms with Gasteiger partial charge in [0.05, 0.1) is 24.1 Å². The van der Waals surface area contributed by atoms with Crippen LogP contribution < -0.4 is 10.1 Å². The first-order chi connectivity index (χ1) is 10.6. The molecule has 116 valence electrons. The van der Waals surface area contributed by atoms with Crippen LogP contribution in [0.15, 0.2) is 42.9 Å². The molecule has 2 aromatic rings. The van der Waals surface area contributed by atoms with E-state index in [2.05, 4.69) is 15.3 Å². The van der Waals surface area contributed by atoms with Crippen LogP contribution in [0.4, 0.5) is 5.69 Å². The predicted octanol–water partition coefficient (Wildman–Crippen LogP) is 2.55. The maximum Gasteiger partial charge on any atom is 0.241 e. The predicted molar refractivity (Wildman–Crippen MR) is 84.9 cm³/mol. The number of anilines is 1. The Morgan fingerprint density at radius 3 is 2.68 bits per heavy atom. The first-order valence-electron chi connectivity index (χ1n) is 7.11. The van der Waals surface area contributed by atoms with Gasteiger partial charge in [-0.2, -0.15) is 0 Å². The van der Waals surface area contributed by atoms with Gasteiger partial charge in [-0.1, -0.05) is 6.92 Å². The van der Waals surface area contributed by atoms with E-state index in [1.165, 1.54) is 0 Å². The van der Waals surface area contributed by atoms with Crippen LogP contribution in [0.1, 0.15) is 13.3 Å². The molecule has 2 heterocycles. The molecule has 1 N–H and O–H groups in total. The minimum absolute atomic E-state index is 0.0461. The van der Waals surface area contributed by atoms with Crippen molar-refractivity contribution >= 4 is 11.6 Å². The Labute approximate surface area is 130 Å². The van der Waals surface area contributed by atoms with Crippen LogP contribution >= 0.6 is 0 Å². The summed E-state index contributed by atoms with van der Waals surface area (Å²) in [5, 5.41) is 2.85. The molecule has 0 aliphatic heterocycles. The van der Waals surface area contributed by atoms with E-state index in [1.807, 2.05) is 25.9 Å². The number of carbonyl (C=O) groups is 1. The lowest BCUT2D eigenvalue weighted by molar-refractivity contribution is -0.120. The van der Waals surface area contributed by atoms with E-state index in [1.54, 1.807) is 42.9 Å². The van der Waals surface area contributed by atoms with E-state index in [4.69, 9.17) is 4.74 Å². The van der Waals surface area contributed by atoms with Gasteiger partial charge in [0, 0.05) is 12.3 Å². The number of nitrogens with one attached hydrogen (secondary N) is 1. The van der Waals surface area contributed by atoms with Gasteiger partial charge >= 0.3 is 0 Å². The van der Waals surface area contributed by atoms with Gasteiger partial charge in [0.15, 0.2) is 0 Å². The number of rotatable bonds is 6. The fraction of sp³-hybridized carbons (Fsp3) is 0.312. The van der Waals surface area contributed by atoms with Gasteiger partial charge in [0.25, 0.3) is 0 Å². The van der Waals surface area contributed by atoms with Crippen molar-refractivity contribution in [2.24, 2.45) is 0 Å². The van der Waals surface area contributed by atoms with Crippen molar-refractivity contribution in [1.82, 2.24) is 14.9 Å². The second kappa shape index (κ2) is 7.51. The summed E-state index contributed by atoms with van der Waals surface area (Å²) in [7, 11) is 3.77. The van der Waals surface area contributed by atoms with Crippen LogP contribution in [-0.2, 0) is 4.79 Å². The lowest BCUT2D eigenvalue weighted by Crippen LogP contribution is -2.39. The molecule has 1 amide bonds. The summed E-state index contributed by atoms with van der Waals surface area (Å²) in [6.07, 6.45) is 5.61. The summed E-state index contributed by atoms with van der Waals surface area (Å²) < 4.78 is 5.55. The van der Waals surface area contributed by atoms with Crippen molar-refractivity contribution in [3.05, 3.63) is 42.9 Å². The van der Waals surface area contributed by atoms with Crippen molar-refractivity contribution in [2.75, 3.05) is 19.4 Å². The quantitative estimate of drug-likeness (QED) is 0.888. The maximum atomic E-state index is 12.1. The monoisotopic (exact) mass is 300 g/mol. The number of amides is 1. The molecule has 22 heavy (non-hydrogen) atoms. The van der Waals surface area contributed by atoms with E-state index in [0.29, 0.717) is 17.3 Å². The highest BCUT2D eigenvalue weighted by Crippen LogP contribution is 2.19. The van der Waals surface area contributed by atoms with Crippen LogP contribution in [0.3, 0.4) is 0 Å². The summed E-state index contributed by atoms with van der Waals surface area (Å²) >= 11 is 0. The maximum absolute atomic E-state index is 12.1. The molecule has 6 heteroatoms. The Bertz CT molecular complexity index is 599. The van der Waals surface area contributed by atoms with Crippen molar-refractivity contribution in [1.29, 1.82) is 0 Å². The minimum Gasteiger partial charge on any atom is -0.437 e. The first kappa shape index (κ1) is 15.9. The Balaban J connectivity index is 1.98. The summed E-state index contributed by atoms with van der Waals surface area (Å²) in [4.78, 5) is 22.2. The van der Waals surface area contributed by atoms with Crippen LogP contribution in [0.2, 0.25) is 0 Å². The van der Waals surface area contributed by atoms with Gasteiger partial charge in [0.2, 0.25) is 11.8 Å². The number of pyridine rings is 2. The third kappa shape index (κ3) is 4.26. The average Bonchev–Trinajstić information content (AvgIpc) is 2.50. The fourth-order valence-electron chi connectivity index (χ4n) is 2.05. The highest BCUT2D eigenvalue weighted by atomic mass is 16.5. The Kier molecular flexibility index (Phi) is 5.43. The SMILES string of the molecule is CCC(C(=O)Nc1ccc(Oc2cccnc2)nc1)N(C)C. The molecule has 0 saturated heterocycles. The van der Waals surface area contributed by atoms with E-state index in [9.17, 15) is 4.79 Å². The zero-order valence-corrected chi connectivity index (χ0v) is 13.0. The smallest absolute Gasteiger partial charge is 0.241 e. The molecule has 0 saturated carbocycles. The Morgan fingerprint density at radius 2 is 2.14 bits per heavy atom. The summed E-state index contributed by atoms with van der Waals surface area (Å²) in [5.74, 6) is 1.02. The lowest BCUT2D eigenvalue weighted by Gasteiger charge is -2.21. The number of hydrogen-bond acceptors (Lipinski definition) is 5. The number of carbonyl (C=O) groups excluding carboxylic acids is 1. The van der Waals surface area contributed by atoms with Crippen molar-refractivity contribution in [3.8, 4) is 11.6 Å². The molecule has 1 atom stereocenters. The van der Waals surface area contributed by atoms with E-state index in [0.717, 1.165) is 6.42 Å². The minimum atomic E-state index is -0.161. The Morgan fingerprint density at radius 1 is 1.32 bits per heavy atom. The second-order valence-electron chi connectivity index (χ2n) is 5.05. The van der Waals surface area contributed by atoms with Crippen molar-refractivity contribution in [2.45, 2.75) is 19.4 Å². The normalized spacial score (nSPS) is 12.0. The number of nitrogens with zero attached hydrogens (tertiary/aromatic N) is 3. The zero-order valence-electron chi connectivity index (χ0n) is 13.0. The molecule has 2 aromatic heterocycles. The highest BCUT2D eigenvalue weighted by molar-refractivity contribution is 5.94. The van der Waals surface area contributed by atoms with E-state index >= 15 is 0 Å². The number of hydrogen-bond donors (Lipinski definition) is 1. The molecule has 2 rings (SSSR count). The molecule has 0 fully saturated rings. The molecule has 1 unspecified atom stereocenters. The average molecular weight is 300 g/mol. The molecule has 6 nitrogen and oxygen atoms in total. The van der Waals surface area contributed by atoms with Gasteiger partial charge in [-0.05, 0) is 38.7 Å². The first-order valence-corrected chi connectivity index (χ1v) is 7.11. The number of aromatic nitrogens is 2. The summed E-state index contributed by atoms with van der Waals surface area (Å²) in [6.45, 7) is 1.98. The number of ether oxygens (including phenoxy) is 1. The van der Waals surface area contributed by atoms with Gasteiger partial charge in [0.1, 0.15) is 5.75 Å². The van der Waals surface area contributed by atoms with Crippen molar-refractivity contribution < 1.29 is 9.53 Å². The molecule has 0 aliphatic rings. The van der Waals surface area contributed by atoms with Crippen LogP contribution in [0.25, 0.3) is 0 Å². The van der Waals surface area contributed by atoms with E-state index in [-0.39, 0.29) is 11.9 Å². The zero-order chi connectivity index (χ0) is 15.9. The molecule has 0 aliphatic carbocycles. The summed E-state index contributed by atoms with van der Waals surface area (Å²) in [6, 6.07) is 6.90. The molecule has 0 spiro atoms. The van der Waals surface area contributed by atoms with Gasteiger partial charge in [-0.3, -0.25) is 14.7 Å². The van der Waals surface area contributed by atoms with Gasteiger partial charge < -0.3 is 10.1 Å². The number of likely N-dealkylation sites (N-methyl/N-ethyl adjacent to an activating group) is 1. The standard InChI is InChI=1S/C16H20N4O2/c1-4-14(20(2)3)16(21)19-12-7-8-15(18-10-12)22-13-6-5-9-17-11-13/h5-11,14H,4H2,1-3H3,(H,19,21). The van der Waals surface area contributed by atoms with Gasteiger partial charge in [-0.15, -0.1) is 0 Å². The highest BCUT2D eigenvalue weighted by Gasteiger charge is 2.18. The van der Waals surface area contributed by atoms with Gasteiger partial charge in [-0.25, -0.2) is 4.98 Å². The van der Waals surface area contributed by atoms with E-state index < -0.39 is 0 Å². The molecule has 0 aromatic carbocycles. The third-order valence-corrected chi connectivity index (χ3v) is 3.17. The second-order valence-corrected chi connectivity index (χ2v) is 5.05. The van der Waals surface area contributed by atoms with Crippen LogP contribution in [-0.4, -0.2) is 40.9 Å². The topological polar surface area (TPSA) is 67.3 Å².